The number of aryl methyl sites for hydroxylation is 1. The van der Waals surface area contributed by atoms with E-state index in [2.05, 4.69) is 10.6 Å². The SMILES string of the molecule is CC(=O)Nc1cccc(NC(=O)c2cc3ccc(C)cc3o2)c1. The molecule has 0 bridgehead atoms. The fourth-order valence-electron chi connectivity index (χ4n) is 2.32. The summed E-state index contributed by atoms with van der Waals surface area (Å²) < 4.78 is 5.60. The van der Waals surface area contributed by atoms with Crippen molar-refractivity contribution in [3.05, 3.63) is 59.9 Å². The van der Waals surface area contributed by atoms with Crippen molar-refractivity contribution in [3.63, 3.8) is 0 Å². The lowest BCUT2D eigenvalue weighted by Gasteiger charge is -2.06. The number of carbonyl (C=O) groups excluding carboxylic acids is 2. The molecule has 2 aromatic carbocycles. The molecule has 0 aliphatic rings. The highest BCUT2D eigenvalue weighted by Gasteiger charge is 2.13. The van der Waals surface area contributed by atoms with Crippen LogP contribution in [0.4, 0.5) is 11.4 Å². The maximum absolute atomic E-state index is 12.3. The van der Waals surface area contributed by atoms with Crippen LogP contribution in [0.25, 0.3) is 11.0 Å². The number of hydrogen-bond acceptors (Lipinski definition) is 3. The maximum Gasteiger partial charge on any atom is 0.291 e. The van der Waals surface area contributed by atoms with E-state index < -0.39 is 0 Å². The van der Waals surface area contributed by atoms with Gasteiger partial charge in [0.2, 0.25) is 5.91 Å². The van der Waals surface area contributed by atoms with Crippen molar-refractivity contribution in [2.75, 3.05) is 10.6 Å². The van der Waals surface area contributed by atoms with Crippen molar-refractivity contribution in [1.29, 1.82) is 0 Å². The highest BCUT2D eigenvalue weighted by Crippen LogP contribution is 2.22. The van der Waals surface area contributed by atoms with E-state index in [0.717, 1.165) is 10.9 Å². The fourth-order valence-corrected chi connectivity index (χ4v) is 2.32. The zero-order valence-corrected chi connectivity index (χ0v) is 12.8. The van der Waals surface area contributed by atoms with Crippen LogP contribution in [0.1, 0.15) is 23.0 Å². The molecule has 5 nitrogen and oxygen atoms in total. The van der Waals surface area contributed by atoms with Crippen LogP contribution in [0.15, 0.2) is 52.9 Å². The van der Waals surface area contributed by atoms with Crippen LogP contribution in [0.5, 0.6) is 0 Å². The Morgan fingerprint density at radius 3 is 2.43 bits per heavy atom. The Morgan fingerprint density at radius 2 is 1.70 bits per heavy atom. The Bertz CT molecular complexity index is 896. The summed E-state index contributed by atoms with van der Waals surface area (Å²) in [5.74, 6) is -0.254. The molecule has 0 aliphatic carbocycles. The van der Waals surface area contributed by atoms with Gasteiger partial charge in [0.1, 0.15) is 5.58 Å². The van der Waals surface area contributed by atoms with E-state index in [-0.39, 0.29) is 17.6 Å². The molecule has 1 aromatic heterocycles. The lowest BCUT2D eigenvalue weighted by atomic mass is 10.2. The van der Waals surface area contributed by atoms with E-state index in [4.69, 9.17) is 4.42 Å². The van der Waals surface area contributed by atoms with Gasteiger partial charge in [-0.25, -0.2) is 0 Å². The quantitative estimate of drug-likeness (QED) is 0.769. The number of hydrogen-bond donors (Lipinski definition) is 2. The van der Waals surface area contributed by atoms with Gasteiger partial charge in [0.25, 0.3) is 5.91 Å². The van der Waals surface area contributed by atoms with Gasteiger partial charge >= 0.3 is 0 Å². The Kier molecular flexibility index (Phi) is 3.85. The molecule has 23 heavy (non-hydrogen) atoms. The molecule has 2 amide bonds. The van der Waals surface area contributed by atoms with Gasteiger partial charge in [0, 0.05) is 23.7 Å². The largest absolute Gasteiger partial charge is 0.451 e. The summed E-state index contributed by atoms with van der Waals surface area (Å²) in [6.07, 6.45) is 0. The number of benzene rings is 2. The molecular weight excluding hydrogens is 292 g/mol. The molecule has 1 heterocycles. The van der Waals surface area contributed by atoms with Gasteiger partial charge in [-0.15, -0.1) is 0 Å². The van der Waals surface area contributed by atoms with Gasteiger partial charge in [-0.1, -0.05) is 18.2 Å². The summed E-state index contributed by atoms with van der Waals surface area (Å²) in [7, 11) is 0. The van der Waals surface area contributed by atoms with Crippen molar-refractivity contribution < 1.29 is 14.0 Å². The molecule has 0 atom stereocenters. The van der Waals surface area contributed by atoms with E-state index in [9.17, 15) is 9.59 Å². The van der Waals surface area contributed by atoms with Crippen LogP contribution >= 0.6 is 0 Å². The fraction of sp³-hybridized carbons (Fsp3) is 0.111. The number of nitrogens with one attached hydrogen (secondary N) is 2. The lowest BCUT2D eigenvalue weighted by molar-refractivity contribution is -0.114. The minimum absolute atomic E-state index is 0.166. The van der Waals surface area contributed by atoms with E-state index in [1.165, 1.54) is 6.92 Å². The average molecular weight is 308 g/mol. The average Bonchev–Trinajstić information content (AvgIpc) is 2.90. The summed E-state index contributed by atoms with van der Waals surface area (Å²) in [4.78, 5) is 23.4. The smallest absolute Gasteiger partial charge is 0.291 e. The normalized spacial score (nSPS) is 10.5. The maximum atomic E-state index is 12.3. The molecule has 3 aromatic rings. The van der Waals surface area contributed by atoms with E-state index in [1.807, 2.05) is 25.1 Å². The summed E-state index contributed by atoms with van der Waals surface area (Å²) in [6.45, 7) is 3.40. The molecule has 0 aliphatic heterocycles. The zero-order chi connectivity index (χ0) is 16.4. The summed E-state index contributed by atoms with van der Waals surface area (Å²) in [5.41, 5.74) is 2.96. The zero-order valence-electron chi connectivity index (χ0n) is 12.8. The first-order chi connectivity index (χ1) is 11.0. The number of amides is 2. The summed E-state index contributed by atoms with van der Waals surface area (Å²) >= 11 is 0. The Labute approximate surface area is 133 Å². The van der Waals surface area contributed by atoms with E-state index in [1.54, 1.807) is 30.3 Å². The molecule has 0 unspecified atom stereocenters. The topological polar surface area (TPSA) is 71.3 Å². The van der Waals surface area contributed by atoms with Crippen molar-refractivity contribution >= 4 is 34.2 Å². The highest BCUT2D eigenvalue weighted by atomic mass is 16.3. The first-order valence-electron chi connectivity index (χ1n) is 7.20. The lowest BCUT2D eigenvalue weighted by Crippen LogP contribution is -2.11. The Balaban J connectivity index is 1.81. The third-order valence-corrected chi connectivity index (χ3v) is 3.34. The molecule has 0 fully saturated rings. The monoisotopic (exact) mass is 308 g/mol. The Morgan fingerprint density at radius 1 is 0.957 bits per heavy atom. The minimum Gasteiger partial charge on any atom is -0.451 e. The van der Waals surface area contributed by atoms with E-state index in [0.29, 0.717) is 17.0 Å². The second-order valence-corrected chi connectivity index (χ2v) is 5.37. The van der Waals surface area contributed by atoms with Gasteiger partial charge in [-0.2, -0.15) is 0 Å². The highest BCUT2D eigenvalue weighted by molar-refractivity contribution is 6.05. The van der Waals surface area contributed by atoms with Gasteiger partial charge in [-0.05, 0) is 42.8 Å². The van der Waals surface area contributed by atoms with Crippen LogP contribution in [0.3, 0.4) is 0 Å². The predicted molar refractivity (Wildman–Crippen MR) is 89.6 cm³/mol. The molecule has 0 saturated carbocycles. The number of fused-ring (bicyclic) bond motifs is 1. The third kappa shape index (κ3) is 3.40. The van der Waals surface area contributed by atoms with E-state index >= 15 is 0 Å². The number of rotatable bonds is 3. The molecular formula is C18H16N2O3. The number of carbonyl (C=O) groups is 2. The second kappa shape index (κ2) is 5.96. The molecule has 116 valence electrons. The minimum atomic E-state index is -0.334. The molecule has 0 spiro atoms. The number of furan rings is 1. The molecule has 0 saturated heterocycles. The molecule has 0 radical (unpaired) electrons. The van der Waals surface area contributed by atoms with Crippen LogP contribution in [-0.4, -0.2) is 11.8 Å². The number of anilines is 2. The molecule has 5 heteroatoms. The second-order valence-electron chi connectivity index (χ2n) is 5.37. The van der Waals surface area contributed by atoms with Crippen LogP contribution < -0.4 is 10.6 Å². The van der Waals surface area contributed by atoms with Crippen molar-refractivity contribution in [1.82, 2.24) is 0 Å². The molecule has 3 rings (SSSR count). The third-order valence-electron chi connectivity index (χ3n) is 3.34. The predicted octanol–water partition coefficient (Wildman–Crippen LogP) is 3.95. The standard InChI is InChI=1S/C18H16N2O3/c1-11-6-7-13-9-17(23-16(13)8-11)18(22)20-15-5-3-4-14(10-15)19-12(2)21/h3-10H,1-2H3,(H,19,21)(H,20,22). The van der Waals surface area contributed by atoms with Crippen molar-refractivity contribution in [2.24, 2.45) is 0 Å². The van der Waals surface area contributed by atoms with Crippen LogP contribution in [0, 0.1) is 6.92 Å². The van der Waals surface area contributed by atoms with Gasteiger partial charge in [0.15, 0.2) is 5.76 Å². The van der Waals surface area contributed by atoms with Crippen molar-refractivity contribution in [2.45, 2.75) is 13.8 Å². The Hall–Kier alpha value is -3.08. The van der Waals surface area contributed by atoms with Gasteiger partial charge in [0.05, 0.1) is 0 Å². The van der Waals surface area contributed by atoms with Gasteiger partial charge in [-0.3, -0.25) is 9.59 Å². The summed E-state index contributed by atoms with van der Waals surface area (Å²) in [5, 5.41) is 6.32. The first kappa shape index (κ1) is 14.8. The van der Waals surface area contributed by atoms with Crippen LogP contribution in [0.2, 0.25) is 0 Å². The van der Waals surface area contributed by atoms with Crippen molar-refractivity contribution in [3.8, 4) is 0 Å². The van der Waals surface area contributed by atoms with Crippen LogP contribution in [-0.2, 0) is 4.79 Å². The summed E-state index contributed by atoms with van der Waals surface area (Å²) in [6, 6.07) is 14.4. The first-order valence-corrected chi connectivity index (χ1v) is 7.20. The van der Waals surface area contributed by atoms with Gasteiger partial charge < -0.3 is 15.1 Å². The molecule has 2 N–H and O–H groups in total.